The van der Waals surface area contributed by atoms with E-state index in [1.807, 2.05) is 24.3 Å². The van der Waals surface area contributed by atoms with Crippen molar-refractivity contribution in [1.29, 1.82) is 0 Å². The van der Waals surface area contributed by atoms with Crippen molar-refractivity contribution in [3.63, 3.8) is 0 Å². The molecule has 0 saturated carbocycles. The summed E-state index contributed by atoms with van der Waals surface area (Å²) >= 11 is 6.14. The molecule has 2 aromatic rings. The summed E-state index contributed by atoms with van der Waals surface area (Å²) in [5.74, 6) is 0.0736. The fourth-order valence-corrected chi connectivity index (χ4v) is 3.24. The van der Waals surface area contributed by atoms with Gasteiger partial charge in [0.2, 0.25) is 5.91 Å². The Bertz CT molecular complexity index is 799. The number of para-hydroxylation sites is 1. The molecule has 1 aliphatic rings. The minimum absolute atomic E-state index is 0.0355. The van der Waals surface area contributed by atoms with E-state index in [0.29, 0.717) is 35.8 Å². The summed E-state index contributed by atoms with van der Waals surface area (Å²) in [4.78, 5) is 24.2. The molecular formula is C17H16ClN3O3. The molecule has 1 heterocycles. The number of aryl methyl sites for hydroxylation is 1. The Balaban J connectivity index is 1.69. The van der Waals surface area contributed by atoms with E-state index >= 15 is 0 Å². The van der Waals surface area contributed by atoms with Crippen LogP contribution in [0.25, 0.3) is 0 Å². The van der Waals surface area contributed by atoms with Crippen molar-refractivity contribution >= 4 is 34.6 Å². The lowest BCUT2D eigenvalue weighted by Gasteiger charge is -2.19. The van der Waals surface area contributed by atoms with Gasteiger partial charge in [-0.15, -0.1) is 0 Å². The number of halogens is 1. The topological polar surface area (TPSA) is 75.5 Å². The normalized spacial score (nSPS) is 13.1. The van der Waals surface area contributed by atoms with Crippen molar-refractivity contribution in [1.82, 2.24) is 0 Å². The van der Waals surface area contributed by atoms with Crippen molar-refractivity contribution in [3.05, 3.63) is 62.7 Å². The standard InChI is InChI=1S/C17H16ClN3O3/c1-11-8-13(21(23)24)10-14(18)17(11)19-6-7-20-15-5-3-2-4-12(15)9-16(20)22/h2-5,8,10,19H,6-7,9H2,1H3. The third kappa shape index (κ3) is 3.05. The fourth-order valence-electron chi connectivity index (χ4n) is 2.91. The molecule has 0 aromatic heterocycles. The minimum Gasteiger partial charge on any atom is -0.382 e. The first-order chi connectivity index (χ1) is 11.5. The molecule has 0 spiro atoms. The van der Waals surface area contributed by atoms with Crippen molar-refractivity contribution < 1.29 is 9.72 Å². The van der Waals surface area contributed by atoms with Crippen LogP contribution in [0.2, 0.25) is 5.02 Å². The Labute approximate surface area is 144 Å². The van der Waals surface area contributed by atoms with E-state index in [1.54, 1.807) is 11.8 Å². The molecular weight excluding hydrogens is 330 g/mol. The van der Waals surface area contributed by atoms with Crippen molar-refractivity contribution in [2.75, 3.05) is 23.3 Å². The molecule has 24 heavy (non-hydrogen) atoms. The highest BCUT2D eigenvalue weighted by Crippen LogP contribution is 2.31. The molecule has 0 radical (unpaired) electrons. The number of nitro benzene ring substituents is 1. The van der Waals surface area contributed by atoms with E-state index in [0.717, 1.165) is 11.3 Å². The van der Waals surface area contributed by atoms with Gasteiger partial charge >= 0.3 is 0 Å². The monoisotopic (exact) mass is 345 g/mol. The molecule has 0 atom stereocenters. The zero-order chi connectivity index (χ0) is 17.3. The lowest BCUT2D eigenvalue weighted by molar-refractivity contribution is -0.384. The molecule has 0 saturated heterocycles. The van der Waals surface area contributed by atoms with E-state index in [1.165, 1.54) is 12.1 Å². The molecule has 124 valence electrons. The second kappa shape index (κ2) is 6.49. The number of hydrogen-bond acceptors (Lipinski definition) is 4. The summed E-state index contributed by atoms with van der Waals surface area (Å²) in [5, 5.41) is 14.3. The third-order valence-corrected chi connectivity index (χ3v) is 4.34. The molecule has 2 aromatic carbocycles. The smallest absolute Gasteiger partial charge is 0.271 e. The maximum absolute atomic E-state index is 12.1. The van der Waals surface area contributed by atoms with Crippen LogP contribution in [0.15, 0.2) is 36.4 Å². The highest BCUT2D eigenvalue weighted by atomic mass is 35.5. The van der Waals surface area contributed by atoms with Gasteiger partial charge in [0.05, 0.1) is 22.1 Å². The van der Waals surface area contributed by atoms with Crippen LogP contribution in [-0.4, -0.2) is 23.9 Å². The number of nitro groups is 1. The van der Waals surface area contributed by atoms with Gasteiger partial charge in [0.15, 0.2) is 0 Å². The first-order valence-corrected chi connectivity index (χ1v) is 7.92. The molecule has 0 fully saturated rings. The van der Waals surface area contributed by atoms with Crippen LogP contribution in [0.5, 0.6) is 0 Å². The number of nitrogens with one attached hydrogen (secondary N) is 1. The average Bonchev–Trinajstić information content (AvgIpc) is 2.85. The molecule has 0 unspecified atom stereocenters. The molecule has 6 nitrogen and oxygen atoms in total. The first kappa shape index (κ1) is 16.3. The van der Waals surface area contributed by atoms with Crippen LogP contribution in [0.4, 0.5) is 17.1 Å². The number of benzene rings is 2. The van der Waals surface area contributed by atoms with Gasteiger partial charge in [-0.2, -0.15) is 0 Å². The number of carbonyl (C=O) groups is 1. The lowest BCUT2D eigenvalue weighted by Crippen LogP contribution is -2.31. The second-order valence-electron chi connectivity index (χ2n) is 5.65. The Morgan fingerprint density at radius 2 is 2.08 bits per heavy atom. The van der Waals surface area contributed by atoms with E-state index in [-0.39, 0.29) is 11.6 Å². The van der Waals surface area contributed by atoms with Crippen LogP contribution in [0.3, 0.4) is 0 Å². The zero-order valence-electron chi connectivity index (χ0n) is 13.1. The van der Waals surface area contributed by atoms with Gasteiger partial charge in [-0.3, -0.25) is 14.9 Å². The third-order valence-electron chi connectivity index (χ3n) is 4.05. The van der Waals surface area contributed by atoms with E-state index < -0.39 is 4.92 Å². The van der Waals surface area contributed by atoms with E-state index in [9.17, 15) is 14.9 Å². The fraction of sp³-hybridized carbons (Fsp3) is 0.235. The Hall–Kier alpha value is -2.60. The summed E-state index contributed by atoms with van der Waals surface area (Å²) in [6.07, 6.45) is 0.424. The maximum atomic E-state index is 12.1. The van der Waals surface area contributed by atoms with E-state index in [2.05, 4.69) is 5.32 Å². The molecule has 1 aliphatic heterocycles. The lowest BCUT2D eigenvalue weighted by atomic mass is 10.1. The van der Waals surface area contributed by atoms with Gasteiger partial charge in [-0.25, -0.2) is 0 Å². The van der Waals surface area contributed by atoms with Gasteiger partial charge in [0.1, 0.15) is 0 Å². The summed E-state index contributed by atoms with van der Waals surface area (Å²) in [7, 11) is 0. The van der Waals surface area contributed by atoms with Gasteiger partial charge in [0, 0.05) is 30.9 Å². The largest absolute Gasteiger partial charge is 0.382 e. The van der Waals surface area contributed by atoms with Gasteiger partial charge in [0.25, 0.3) is 5.69 Å². The summed E-state index contributed by atoms with van der Waals surface area (Å²) in [6.45, 7) is 2.76. The summed E-state index contributed by atoms with van der Waals surface area (Å²) in [5.41, 5.74) is 3.29. The summed E-state index contributed by atoms with van der Waals surface area (Å²) < 4.78 is 0. The Kier molecular flexibility index (Phi) is 4.40. The number of rotatable bonds is 5. The first-order valence-electron chi connectivity index (χ1n) is 7.54. The van der Waals surface area contributed by atoms with Gasteiger partial charge in [-0.1, -0.05) is 29.8 Å². The number of non-ortho nitro benzene ring substituents is 1. The van der Waals surface area contributed by atoms with E-state index in [4.69, 9.17) is 11.6 Å². The summed E-state index contributed by atoms with van der Waals surface area (Å²) in [6, 6.07) is 10.5. The predicted octanol–water partition coefficient (Wildman–Crippen LogP) is 3.56. The number of nitrogens with zero attached hydrogens (tertiary/aromatic N) is 2. The number of fused-ring (bicyclic) bond motifs is 1. The SMILES string of the molecule is Cc1cc([N+](=O)[O-])cc(Cl)c1NCCN1C(=O)Cc2ccccc21. The van der Waals surface area contributed by atoms with Crippen molar-refractivity contribution in [2.24, 2.45) is 0 Å². The van der Waals surface area contributed by atoms with Crippen LogP contribution in [0.1, 0.15) is 11.1 Å². The molecule has 0 aliphatic carbocycles. The Morgan fingerprint density at radius 1 is 1.33 bits per heavy atom. The minimum atomic E-state index is -0.470. The molecule has 1 amide bonds. The number of hydrogen-bond donors (Lipinski definition) is 1. The van der Waals surface area contributed by atoms with Crippen LogP contribution in [0, 0.1) is 17.0 Å². The average molecular weight is 346 g/mol. The quantitative estimate of drug-likeness (QED) is 0.664. The Morgan fingerprint density at radius 3 is 2.79 bits per heavy atom. The van der Waals surface area contributed by atoms with Crippen LogP contribution >= 0.6 is 11.6 Å². The van der Waals surface area contributed by atoms with Crippen molar-refractivity contribution in [3.8, 4) is 0 Å². The second-order valence-corrected chi connectivity index (χ2v) is 6.06. The molecule has 3 rings (SSSR count). The highest BCUT2D eigenvalue weighted by molar-refractivity contribution is 6.33. The zero-order valence-corrected chi connectivity index (χ0v) is 13.8. The van der Waals surface area contributed by atoms with Gasteiger partial charge < -0.3 is 10.2 Å². The molecule has 0 bridgehead atoms. The number of amides is 1. The highest BCUT2D eigenvalue weighted by Gasteiger charge is 2.26. The predicted molar refractivity (Wildman–Crippen MR) is 93.8 cm³/mol. The number of carbonyl (C=O) groups excluding carboxylic acids is 1. The van der Waals surface area contributed by atoms with Gasteiger partial charge in [-0.05, 0) is 24.1 Å². The maximum Gasteiger partial charge on any atom is 0.271 e. The van der Waals surface area contributed by atoms with Crippen LogP contribution < -0.4 is 10.2 Å². The molecule has 1 N–H and O–H groups in total. The number of anilines is 2. The van der Waals surface area contributed by atoms with Crippen LogP contribution in [-0.2, 0) is 11.2 Å². The molecule has 7 heteroatoms. The van der Waals surface area contributed by atoms with Crippen molar-refractivity contribution in [2.45, 2.75) is 13.3 Å².